The molecule has 0 N–H and O–H groups in total. The predicted octanol–water partition coefficient (Wildman–Crippen LogP) is 5.02. The summed E-state index contributed by atoms with van der Waals surface area (Å²) in [7, 11) is 0. The second-order valence-corrected chi connectivity index (χ2v) is 8.29. The highest BCUT2D eigenvalue weighted by molar-refractivity contribution is 8.26. The zero-order valence-electron chi connectivity index (χ0n) is 13.0. The van der Waals surface area contributed by atoms with Crippen LogP contribution in [0.3, 0.4) is 0 Å². The highest BCUT2D eigenvalue weighted by Crippen LogP contribution is 2.34. The lowest BCUT2D eigenvalue weighted by Gasteiger charge is -2.14. The number of aryl methyl sites for hydroxylation is 2. The number of thioether (sulfide) groups is 1. The van der Waals surface area contributed by atoms with E-state index >= 15 is 0 Å². The van der Waals surface area contributed by atoms with E-state index in [2.05, 4.69) is 38.1 Å². The first-order valence-electron chi connectivity index (χ1n) is 7.46. The number of carbonyl (C=O) groups excluding carboxylic acids is 1. The molecule has 0 saturated carbocycles. The minimum absolute atomic E-state index is 0.00650. The Kier molecular flexibility index (Phi) is 4.99. The molecule has 0 atom stereocenters. The van der Waals surface area contributed by atoms with Gasteiger partial charge in [-0.3, -0.25) is 9.69 Å². The molecular formula is C18H17NOS3. The quantitative estimate of drug-likeness (QED) is 0.565. The average Bonchev–Trinajstić information content (AvgIpc) is 3.09. The Morgan fingerprint density at radius 2 is 1.91 bits per heavy atom. The van der Waals surface area contributed by atoms with Crippen LogP contribution in [0.25, 0.3) is 6.08 Å². The summed E-state index contributed by atoms with van der Waals surface area (Å²) in [6.45, 7) is 4.72. The molecule has 0 bridgehead atoms. The van der Waals surface area contributed by atoms with Crippen molar-refractivity contribution in [2.45, 2.75) is 26.8 Å². The number of thiophene rings is 1. The van der Waals surface area contributed by atoms with Crippen molar-refractivity contribution < 1.29 is 4.79 Å². The van der Waals surface area contributed by atoms with Crippen LogP contribution in [0.5, 0.6) is 0 Å². The molecule has 0 spiro atoms. The van der Waals surface area contributed by atoms with Gasteiger partial charge in [-0.25, -0.2) is 0 Å². The standard InChI is InChI=1S/C18H17NOS3/c1-3-14-8-9-15(22-14)10-16-17(20)19(18(21)23-16)11-13-6-4-12(2)5-7-13/h4-10H,3,11H2,1-2H3/b16-10-. The van der Waals surface area contributed by atoms with Gasteiger partial charge < -0.3 is 0 Å². The maximum Gasteiger partial charge on any atom is 0.266 e. The molecule has 0 unspecified atom stereocenters. The van der Waals surface area contributed by atoms with Gasteiger partial charge in [0.05, 0.1) is 11.4 Å². The molecule has 118 valence electrons. The fraction of sp³-hybridized carbons (Fsp3) is 0.222. The molecule has 1 aromatic heterocycles. The van der Waals surface area contributed by atoms with Crippen molar-refractivity contribution in [2.75, 3.05) is 0 Å². The number of rotatable bonds is 4. The van der Waals surface area contributed by atoms with Crippen molar-refractivity contribution in [3.8, 4) is 0 Å². The van der Waals surface area contributed by atoms with Crippen LogP contribution in [0.4, 0.5) is 0 Å². The van der Waals surface area contributed by atoms with Crippen LogP contribution < -0.4 is 0 Å². The second kappa shape index (κ2) is 6.99. The number of hydrogen-bond acceptors (Lipinski definition) is 4. The molecular weight excluding hydrogens is 342 g/mol. The van der Waals surface area contributed by atoms with Crippen LogP contribution in [0.15, 0.2) is 41.3 Å². The average molecular weight is 360 g/mol. The Morgan fingerprint density at radius 1 is 1.17 bits per heavy atom. The zero-order chi connectivity index (χ0) is 16.4. The number of hydrogen-bond donors (Lipinski definition) is 0. The van der Waals surface area contributed by atoms with Crippen LogP contribution in [-0.2, 0) is 17.8 Å². The van der Waals surface area contributed by atoms with Crippen LogP contribution in [0, 0.1) is 6.92 Å². The molecule has 5 heteroatoms. The summed E-state index contributed by atoms with van der Waals surface area (Å²) in [5.41, 5.74) is 2.31. The molecule has 1 aliphatic heterocycles. The van der Waals surface area contributed by atoms with Gasteiger partial charge in [-0.2, -0.15) is 0 Å². The van der Waals surface area contributed by atoms with Gasteiger partial charge in [0, 0.05) is 9.75 Å². The molecule has 2 aromatic rings. The van der Waals surface area contributed by atoms with Gasteiger partial charge in [0.15, 0.2) is 0 Å². The molecule has 0 aliphatic carbocycles. The van der Waals surface area contributed by atoms with Crippen LogP contribution in [-0.4, -0.2) is 15.1 Å². The maximum absolute atomic E-state index is 12.6. The van der Waals surface area contributed by atoms with E-state index in [0.29, 0.717) is 15.8 Å². The molecule has 23 heavy (non-hydrogen) atoms. The van der Waals surface area contributed by atoms with E-state index in [9.17, 15) is 4.79 Å². The lowest BCUT2D eigenvalue weighted by Crippen LogP contribution is -2.27. The molecule has 1 saturated heterocycles. The Bertz CT molecular complexity index is 774. The zero-order valence-corrected chi connectivity index (χ0v) is 15.5. The highest BCUT2D eigenvalue weighted by Gasteiger charge is 2.32. The molecule has 1 amide bonds. The van der Waals surface area contributed by atoms with Crippen molar-refractivity contribution >= 4 is 51.6 Å². The molecule has 1 aliphatic rings. The van der Waals surface area contributed by atoms with E-state index in [4.69, 9.17) is 12.2 Å². The fourth-order valence-electron chi connectivity index (χ4n) is 2.30. The monoisotopic (exact) mass is 359 g/mol. The Balaban J connectivity index is 1.78. The summed E-state index contributed by atoms with van der Waals surface area (Å²) < 4.78 is 0.633. The van der Waals surface area contributed by atoms with Crippen LogP contribution in [0.2, 0.25) is 0 Å². The summed E-state index contributed by atoms with van der Waals surface area (Å²) in [6, 6.07) is 12.4. The Labute approximate surface area is 150 Å². The van der Waals surface area contributed by atoms with E-state index in [1.807, 2.05) is 18.2 Å². The third-order valence-corrected chi connectivity index (χ3v) is 6.19. The van der Waals surface area contributed by atoms with E-state index in [1.165, 1.54) is 22.2 Å². The number of thiocarbonyl (C=S) groups is 1. The molecule has 3 rings (SSSR count). The smallest absolute Gasteiger partial charge is 0.266 e. The van der Waals surface area contributed by atoms with Crippen LogP contribution in [0.1, 0.15) is 27.8 Å². The molecule has 1 fully saturated rings. The van der Waals surface area contributed by atoms with Gasteiger partial charge in [0.2, 0.25) is 0 Å². The molecule has 1 aromatic carbocycles. The summed E-state index contributed by atoms with van der Waals surface area (Å²) in [6.07, 6.45) is 2.98. The SMILES string of the molecule is CCc1ccc(/C=C2\SC(=S)N(Cc3ccc(C)cc3)C2=O)s1. The molecule has 2 nitrogen and oxygen atoms in total. The summed E-state index contributed by atoms with van der Waals surface area (Å²) in [5, 5.41) is 0. The lowest BCUT2D eigenvalue weighted by molar-refractivity contribution is -0.122. The summed E-state index contributed by atoms with van der Waals surface area (Å²) in [5.74, 6) is 0.00650. The normalized spacial score (nSPS) is 16.6. The number of benzene rings is 1. The highest BCUT2D eigenvalue weighted by atomic mass is 32.2. The maximum atomic E-state index is 12.6. The van der Waals surface area contributed by atoms with Gasteiger partial charge in [-0.05, 0) is 37.1 Å². The number of carbonyl (C=O) groups is 1. The van der Waals surface area contributed by atoms with Crippen molar-refractivity contribution in [3.63, 3.8) is 0 Å². The lowest BCUT2D eigenvalue weighted by atomic mass is 10.1. The third kappa shape index (κ3) is 3.74. The summed E-state index contributed by atoms with van der Waals surface area (Å²) in [4.78, 5) is 17.5. The second-order valence-electron chi connectivity index (χ2n) is 5.41. The predicted molar refractivity (Wildman–Crippen MR) is 104 cm³/mol. The molecule has 2 heterocycles. The van der Waals surface area contributed by atoms with Gasteiger partial charge in [-0.1, -0.05) is 60.7 Å². The first-order valence-corrected chi connectivity index (χ1v) is 9.50. The fourth-order valence-corrected chi connectivity index (χ4v) is 4.52. The van der Waals surface area contributed by atoms with Gasteiger partial charge in [-0.15, -0.1) is 11.3 Å². The Morgan fingerprint density at radius 3 is 2.57 bits per heavy atom. The minimum atomic E-state index is 0.00650. The van der Waals surface area contributed by atoms with Crippen molar-refractivity contribution in [1.29, 1.82) is 0 Å². The van der Waals surface area contributed by atoms with E-state index in [-0.39, 0.29) is 5.91 Å². The summed E-state index contributed by atoms with van der Waals surface area (Å²) >= 11 is 8.51. The van der Waals surface area contributed by atoms with Gasteiger partial charge >= 0.3 is 0 Å². The Hall–Kier alpha value is -1.43. The minimum Gasteiger partial charge on any atom is -0.288 e. The molecule has 0 radical (unpaired) electrons. The largest absolute Gasteiger partial charge is 0.288 e. The first kappa shape index (κ1) is 16.4. The van der Waals surface area contributed by atoms with Gasteiger partial charge in [0.25, 0.3) is 5.91 Å². The van der Waals surface area contributed by atoms with Gasteiger partial charge in [0.1, 0.15) is 4.32 Å². The topological polar surface area (TPSA) is 20.3 Å². The van der Waals surface area contributed by atoms with Crippen molar-refractivity contribution in [3.05, 3.63) is 62.2 Å². The third-order valence-electron chi connectivity index (χ3n) is 3.64. The van der Waals surface area contributed by atoms with Crippen molar-refractivity contribution in [1.82, 2.24) is 4.90 Å². The van der Waals surface area contributed by atoms with E-state index in [1.54, 1.807) is 16.2 Å². The number of nitrogens with zero attached hydrogens (tertiary/aromatic N) is 1. The first-order chi connectivity index (χ1) is 11.1. The van der Waals surface area contributed by atoms with E-state index in [0.717, 1.165) is 16.9 Å². The van der Waals surface area contributed by atoms with E-state index < -0.39 is 0 Å². The number of amides is 1. The van der Waals surface area contributed by atoms with Crippen molar-refractivity contribution in [2.24, 2.45) is 0 Å². The van der Waals surface area contributed by atoms with Crippen LogP contribution >= 0.6 is 35.3 Å².